The van der Waals surface area contributed by atoms with E-state index in [9.17, 15) is 4.79 Å². The number of pyridine rings is 1. The first kappa shape index (κ1) is 19.1. The molecule has 9 nitrogen and oxygen atoms in total. The number of benzene rings is 1. The number of anilines is 2. The second-order valence-electron chi connectivity index (χ2n) is 7.71. The van der Waals surface area contributed by atoms with E-state index < -0.39 is 0 Å². The molecule has 31 heavy (non-hydrogen) atoms. The Labute approximate surface area is 179 Å². The van der Waals surface area contributed by atoms with Gasteiger partial charge in [0.15, 0.2) is 5.65 Å². The molecule has 9 heteroatoms. The number of carbonyl (C=O) groups excluding carboxylic acids is 1. The molecule has 1 aromatic carbocycles. The predicted molar refractivity (Wildman–Crippen MR) is 118 cm³/mol. The molecule has 1 aliphatic heterocycles. The van der Waals surface area contributed by atoms with Gasteiger partial charge in [-0.05, 0) is 44.3 Å². The van der Waals surface area contributed by atoms with E-state index in [2.05, 4.69) is 32.2 Å². The Balaban J connectivity index is 1.49. The van der Waals surface area contributed by atoms with Crippen molar-refractivity contribution in [3.8, 4) is 11.4 Å². The fourth-order valence-corrected chi connectivity index (χ4v) is 3.99. The fraction of sp³-hybridized carbons (Fsp3) is 0.227. The smallest absolute Gasteiger partial charge is 0.256 e. The molecular formula is C22H22N8O. The molecular weight excluding hydrogens is 392 g/mol. The molecule has 156 valence electrons. The van der Waals surface area contributed by atoms with Gasteiger partial charge in [0.25, 0.3) is 5.91 Å². The SMILES string of the molecule is CN1CCC(c2nc(-c3ccc(C(=O)Nc4ccccn4)cc3)n3c(N)ncnc23)C1. The van der Waals surface area contributed by atoms with Gasteiger partial charge in [0.1, 0.15) is 18.0 Å². The number of nitrogens with one attached hydrogen (secondary N) is 1. The molecule has 5 rings (SSSR count). The van der Waals surface area contributed by atoms with Gasteiger partial charge < -0.3 is 16.0 Å². The van der Waals surface area contributed by atoms with Crippen molar-refractivity contribution in [3.05, 3.63) is 66.2 Å². The third-order valence-electron chi connectivity index (χ3n) is 5.57. The van der Waals surface area contributed by atoms with Crippen LogP contribution in [-0.4, -0.2) is 55.3 Å². The van der Waals surface area contributed by atoms with Crippen LogP contribution in [0.3, 0.4) is 0 Å². The number of likely N-dealkylation sites (N-methyl/N-ethyl adjacent to an activating group) is 1. The minimum atomic E-state index is -0.226. The number of carbonyl (C=O) groups is 1. The molecule has 0 saturated carbocycles. The van der Waals surface area contributed by atoms with Gasteiger partial charge in [0.05, 0.1) is 5.69 Å². The van der Waals surface area contributed by atoms with E-state index in [1.54, 1.807) is 34.9 Å². The van der Waals surface area contributed by atoms with Gasteiger partial charge in [-0.15, -0.1) is 0 Å². The van der Waals surface area contributed by atoms with Crippen molar-refractivity contribution >= 4 is 23.3 Å². The summed E-state index contributed by atoms with van der Waals surface area (Å²) in [7, 11) is 2.11. The number of rotatable bonds is 4. The zero-order chi connectivity index (χ0) is 21.4. The highest BCUT2D eigenvalue weighted by atomic mass is 16.1. The van der Waals surface area contributed by atoms with E-state index in [4.69, 9.17) is 10.7 Å². The normalized spacial score (nSPS) is 16.6. The first-order valence-corrected chi connectivity index (χ1v) is 10.1. The van der Waals surface area contributed by atoms with Gasteiger partial charge in [-0.25, -0.2) is 24.3 Å². The maximum Gasteiger partial charge on any atom is 0.256 e. The van der Waals surface area contributed by atoms with E-state index in [-0.39, 0.29) is 5.91 Å². The Morgan fingerprint density at radius 3 is 2.68 bits per heavy atom. The molecule has 1 fully saturated rings. The molecule has 0 aliphatic carbocycles. The largest absolute Gasteiger partial charge is 0.369 e. The molecule has 1 amide bonds. The summed E-state index contributed by atoms with van der Waals surface area (Å²) in [5, 5.41) is 2.79. The van der Waals surface area contributed by atoms with Crippen LogP contribution in [-0.2, 0) is 0 Å². The van der Waals surface area contributed by atoms with Gasteiger partial charge in [0.2, 0.25) is 5.95 Å². The molecule has 0 radical (unpaired) electrons. The number of amides is 1. The standard InChI is InChI=1S/C22H22N8O/c1-29-11-9-16(12-29)18-20-25-13-26-22(23)30(20)19(28-18)14-5-7-15(8-6-14)21(31)27-17-4-2-3-10-24-17/h2-8,10,13,16H,9,11-12H2,1H3,(H2,23,25,26)(H,24,27,31). The highest BCUT2D eigenvalue weighted by Gasteiger charge is 2.28. The number of nitrogens with two attached hydrogens (primary N) is 1. The molecule has 4 aromatic rings. The second-order valence-corrected chi connectivity index (χ2v) is 7.71. The summed E-state index contributed by atoms with van der Waals surface area (Å²) in [6.07, 6.45) is 4.14. The molecule has 1 aliphatic rings. The first-order chi connectivity index (χ1) is 15.1. The Kier molecular flexibility index (Phi) is 4.79. The maximum absolute atomic E-state index is 12.5. The summed E-state index contributed by atoms with van der Waals surface area (Å²) in [5.74, 6) is 1.59. The van der Waals surface area contributed by atoms with Gasteiger partial charge >= 0.3 is 0 Å². The van der Waals surface area contributed by atoms with Gasteiger partial charge in [-0.2, -0.15) is 0 Å². The number of likely N-dealkylation sites (tertiary alicyclic amines) is 1. The summed E-state index contributed by atoms with van der Waals surface area (Å²) in [4.78, 5) is 32.5. The van der Waals surface area contributed by atoms with Crippen molar-refractivity contribution in [1.82, 2.24) is 29.2 Å². The summed E-state index contributed by atoms with van der Waals surface area (Å²) in [5.41, 5.74) is 9.22. The van der Waals surface area contributed by atoms with Crippen LogP contribution in [0.1, 0.15) is 28.4 Å². The number of hydrogen-bond acceptors (Lipinski definition) is 7. The van der Waals surface area contributed by atoms with Crippen LogP contribution < -0.4 is 11.1 Å². The average Bonchev–Trinajstić information content (AvgIpc) is 3.39. The number of imidazole rings is 1. The van der Waals surface area contributed by atoms with Crippen LogP contribution in [0.5, 0.6) is 0 Å². The maximum atomic E-state index is 12.5. The summed E-state index contributed by atoms with van der Waals surface area (Å²) >= 11 is 0. The lowest BCUT2D eigenvalue weighted by Crippen LogP contribution is -2.13. The van der Waals surface area contributed by atoms with E-state index in [0.717, 1.165) is 36.4 Å². The third-order valence-corrected chi connectivity index (χ3v) is 5.57. The highest BCUT2D eigenvalue weighted by molar-refractivity contribution is 6.03. The summed E-state index contributed by atoms with van der Waals surface area (Å²) < 4.78 is 1.79. The first-order valence-electron chi connectivity index (χ1n) is 10.1. The topological polar surface area (TPSA) is 114 Å². The number of nitrogen functional groups attached to an aromatic ring is 1. The Bertz CT molecular complexity index is 1240. The summed E-state index contributed by atoms with van der Waals surface area (Å²) in [6, 6.07) is 12.6. The predicted octanol–water partition coefficient (Wildman–Crippen LogP) is 2.44. The van der Waals surface area contributed by atoms with E-state index >= 15 is 0 Å². The molecule has 4 heterocycles. The minimum Gasteiger partial charge on any atom is -0.369 e. The zero-order valence-electron chi connectivity index (χ0n) is 17.1. The molecule has 0 spiro atoms. The van der Waals surface area contributed by atoms with Crippen molar-refractivity contribution in [1.29, 1.82) is 0 Å². The molecule has 0 bridgehead atoms. The van der Waals surface area contributed by atoms with Crippen molar-refractivity contribution < 1.29 is 4.79 Å². The van der Waals surface area contributed by atoms with Crippen LogP contribution in [0.2, 0.25) is 0 Å². The van der Waals surface area contributed by atoms with Crippen LogP contribution in [0.25, 0.3) is 17.0 Å². The molecule has 1 unspecified atom stereocenters. The van der Waals surface area contributed by atoms with Crippen molar-refractivity contribution in [3.63, 3.8) is 0 Å². The Morgan fingerprint density at radius 1 is 1.13 bits per heavy atom. The van der Waals surface area contributed by atoms with E-state index in [0.29, 0.717) is 29.1 Å². The highest BCUT2D eigenvalue weighted by Crippen LogP contribution is 2.32. The van der Waals surface area contributed by atoms with Crippen LogP contribution in [0.15, 0.2) is 55.0 Å². The van der Waals surface area contributed by atoms with Crippen LogP contribution in [0, 0.1) is 0 Å². The lowest BCUT2D eigenvalue weighted by atomic mass is 10.1. The van der Waals surface area contributed by atoms with E-state index in [1.165, 1.54) is 6.33 Å². The van der Waals surface area contributed by atoms with Gasteiger partial charge in [0, 0.05) is 29.8 Å². The van der Waals surface area contributed by atoms with Crippen LogP contribution in [0.4, 0.5) is 11.8 Å². The van der Waals surface area contributed by atoms with Gasteiger partial charge in [-0.3, -0.25) is 4.79 Å². The van der Waals surface area contributed by atoms with Crippen molar-refractivity contribution in [2.24, 2.45) is 0 Å². The van der Waals surface area contributed by atoms with E-state index in [1.807, 2.05) is 18.2 Å². The third kappa shape index (κ3) is 3.59. The average molecular weight is 414 g/mol. The Morgan fingerprint density at radius 2 is 1.97 bits per heavy atom. The quantitative estimate of drug-likeness (QED) is 0.527. The Hall–Kier alpha value is -3.85. The van der Waals surface area contributed by atoms with Crippen molar-refractivity contribution in [2.45, 2.75) is 12.3 Å². The second kappa shape index (κ2) is 7.77. The molecule has 1 saturated heterocycles. The number of fused-ring (bicyclic) bond motifs is 1. The van der Waals surface area contributed by atoms with Crippen molar-refractivity contribution in [2.75, 3.05) is 31.2 Å². The zero-order valence-corrected chi connectivity index (χ0v) is 17.1. The van der Waals surface area contributed by atoms with Gasteiger partial charge in [-0.1, -0.05) is 18.2 Å². The number of nitrogens with zero attached hydrogens (tertiary/aromatic N) is 6. The molecule has 1 atom stereocenters. The molecule has 3 aromatic heterocycles. The molecule has 3 N–H and O–H groups in total. The number of aromatic nitrogens is 5. The van der Waals surface area contributed by atoms with Crippen LogP contribution >= 0.6 is 0 Å². The number of hydrogen-bond donors (Lipinski definition) is 2. The fourth-order valence-electron chi connectivity index (χ4n) is 3.99. The summed E-state index contributed by atoms with van der Waals surface area (Å²) in [6.45, 7) is 1.96. The monoisotopic (exact) mass is 414 g/mol. The lowest BCUT2D eigenvalue weighted by Gasteiger charge is -2.07. The minimum absolute atomic E-state index is 0.226. The lowest BCUT2D eigenvalue weighted by molar-refractivity contribution is 0.102.